The van der Waals surface area contributed by atoms with Crippen LogP contribution in [0.2, 0.25) is 0 Å². The predicted octanol–water partition coefficient (Wildman–Crippen LogP) is 0.0976. The maximum absolute atomic E-state index is 10.3. The van der Waals surface area contributed by atoms with E-state index in [1.165, 1.54) is 14.2 Å². The van der Waals surface area contributed by atoms with Crippen LogP contribution in [0, 0.1) is 0 Å². The molecule has 4 rings (SSSR count). The van der Waals surface area contributed by atoms with Gasteiger partial charge in [-0.3, -0.25) is 0 Å². The maximum Gasteiger partial charge on any atom is 0.229 e. The van der Waals surface area contributed by atoms with Gasteiger partial charge in [-0.2, -0.15) is 0 Å². The third-order valence-corrected chi connectivity index (χ3v) is 6.56. The van der Waals surface area contributed by atoms with Gasteiger partial charge >= 0.3 is 0 Å². The molecule has 0 radical (unpaired) electrons. The van der Waals surface area contributed by atoms with E-state index in [2.05, 4.69) is 0 Å². The largest absolute Gasteiger partial charge is 0.493 e. The van der Waals surface area contributed by atoms with Gasteiger partial charge < -0.3 is 54.3 Å². The maximum atomic E-state index is 10.3. The summed E-state index contributed by atoms with van der Waals surface area (Å²) in [5.41, 5.74) is 2.21. The van der Waals surface area contributed by atoms with Gasteiger partial charge in [0, 0.05) is 5.56 Å². The van der Waals surface area contributed by atoms with Crippen molar-refractivity contribution >= 4 is 6.08 Å². The van der Waals surface area contributed by atoms with Crippen LogP contribution in [-0.2, 0) is 4.74 Å². The number of hydrogen-bond donors (Lipinski definition) is 6. The molecule has 0 amide bonds. The van der Waals surface area contributed by atoms with Gasteiger partial charge in [0.15, 0.2) is 23.0 Å². The number of hydrogen-bond acceptors (Lipinski definition) is 11. The highest BCUT2D eigenvalue weighted by Crippen LogP contribution is 2.51. The Morgan fingerprint density at radius 1 is 0.865 bits per heavy atom. The number of aliphatic hydroxyl groups is 6. The predicted molar refractivity (Wildman–Crippen MR) is 130 cm³/mol. The summed E-state index contributed by atoms with van der Waals surface area (Å²) in [5, 5.41) is 59.1. The number of aliphatic hydroxyl groups excluding tert-OH is 6. The van der Waals surface area contributed by atoms with Gasteiger partial charge in [0.1, 0.15) is 30.5 Å². The molecule has 7 atom stereocenters. The molecule has 2 heterocycles. The number of ether oxygens (including phenoxy) is 5. The highest BCUT2D eigenvalue weighted by atomic mass is 16.7. The van der Waals surface area contributed by atoms with E-state index in [9.17, 15) is 25.5 Å². The SMILES string of the molecule is COc1cc([C@H]2Oc3c(OC)cc(C=CCO)cc3[C@@H]2CO)ccc1O[C@@H]1O[C@H](CO)[C@@H](O)[C@H](O)[C@H]1O. The molecule has 11 heteroatoms. The average Bonchev–Trinajstić information content (AvgIpc) is 3.30. The first kappa shape index (κ1) is 27.1. The summed E-state index contributed by atoms with van der Waals surface area (Å²) in [6.07, 6.45) is -4.38. The van der Waals surface area contributed by atoms with E-state index >= 15 is 0 Å². The van der Waals surface area contributed by atoms with Crippen molar-refractivity contribution in [3.05, 3.63) is 53.1 Å². The molecule has 2 aromatic carbocycles. The van der Waals surface area contributed by atoms with Gasteiger partial charge in [-0.1, -0.05) is 18.2 Å². The highest BCUT2D eigenvalue weighted by Gasteiger charge is 2.45. The van der Waals surface area contributed by atoms with E-state index in [0.717, 1.165) is 11.1 Å². The average molecular weight is 521 g/mol. The van der Waals surface area contributed by atoms with Crippen molar-refractivity contribution < 1.29 is 54.3 Å². The Bertz CT molecular complexity index is 1100. The number of benzene rings is 2. The zero-order valence-corrected chi connectivity index (χ0v) is 20.4. The lowest BCUT2D eigenvalue weighted by molar-refractivity contribution is -0.277. The van der Waals surface area contributed by atoms with E-state index in [-0.39, 0.29) is 24.7 Å². The zero-order chi connectivity index (χ0) is 26.7. The number of methoxy groups -OCH3 is 2. The molecule has 0 unspecified atom stereocenters. The van der Waals surface area contributed by atoms with E-state index in [1.54, 1.807) is 36.4 Å². The minimum Gasteiger partial charge on any atom is -0.493 e. The molecule has 2 aromatic rings. The third kappa shape index (κ3) is 5.25. The molecule has 1 saturated heterocycles. The second-order valence-electron chi connectivity index (χ2n) is 8.78. The molecule has 0 spiro atoms. The quantitative estimate of drug-likeness (QED) is 0.265. The Labute approximate surface area is 213 Å². The highest BCUT2D eigenvalue weighted by molar-refractivity contribution is 5.62. The standard InChI is InChI=1S/C26H32O11/c1-33-18-10-14(5-6-17(18)35-26-23(32)22(31)21(30)20(12-29)36-26)24-16(11-28)15-8-13(4-3-7-27)9-19(34-2)25(15)37-24/h3-6,8-10,16,20-24,26-32H,7,11-12H2,1-2H3/t16-,20+,21+,22-,23+,24+,26+/m0/s1. The van der Waals surface area contributed by atoms with Crippen LogP contribution in [0.1, 0.15) is 28.7 Å². The number of rotatable bonds is 9. The lowest BCUT2D eigenvalue weighted by atomic mass is 9.90. The van der Waals surface area contributed by atoms with Crippen molar-refractivity contribution in [1.82, 2.24) is 0 Å². The van der Waals surface area contributed by atoms with E-state index in [0.29, 0.717) is 17.1 Å². The topological polar surface area (TPSA) is 168 Å². The van der Waals surface area contributed by atoms with Gasteiger partial charge in [-0.15, -0.1) is 0 Å². The Hall–Kier alpha value is -2.90. The fourth-order valence-electron chi connectivity index (χ4n) is 4.60. The van der Waals surface area contributed by atoms with Crippen LogP contribution < -0.4 is 18.9 Å². The first-order chi connectivity index (χ1) is 17.9. The first-order valence-electron chi connectivity index (χ1n) is 11.8. The van der Waals surface area contributed by atoms with Crippen LogP contribution in [0.15, 0.2) is 36.4 Å². The fraction of sp³-hybridized carbons (Fsp3) is 0.462. The molecule has 0 aliphatic carbocycles. The van der Waals surface area contributed by atoms with Gasteiger partial charge in [0.25, 0.3) is 0 Å². The molecule has 1 fully saturated rings. The Balaban J connectivity index is 1.61. The lowest BCUT2D eigenvalue weighted by Crippen LogP contribution is -2.60. The summed E-state index contributed by atoms with van der Waals surface area (Å²) in [7, 11) is 2.95. The molecule has 37 heavy (non-hydrogen) atoms. The summed E-state index contributed by atoms with van der Waals surface area (Å²) < 4.78 is 28.4. The van der Waals surface area contributed by atoms with Crippen molar-refractivity contribution in [2.24, 2.45) is 0 Å². The first-order valence-corrected chi connectivity index (χ1v) is 11.8. The fourth-order valence-corrected chi connectivity index (χ4v) is 4.60. The molecule has 2 aliphatic heterocycles. The van der Waals surface area contributed by atoms with Crippen LogP contribution in [0.25, 0.3) is 6.08 Å². The van der Waals surface area contributed by atoms with Crippen molar-refractivity contribution in [3.8, 4) is 23.0 Å². The van der Waals surface area contributed by atoms with E-state index in [4.69, 9.17) is 28.8 Å². The minimum absolute atomic E-state index is 0.112. The third-order valence-electron chi connectivity index (χ3n) is 6.56. The van der Waals surface area contributed by atoms with Crippen molar-refractivity contribution in [2.75, 3.05) is 34.0 Å². The van der Waals surface area contributed by atoms with Crippen LogP contribution in [-0.4, -0.2) is 95.4 Å². The van der Waals surface area contributed by atoms with E-state index in [1.807, 2.05) is 6.07 Å². The second kappa shape index (κ2) is 11.7. The van der Waals surface area contributed by atoms with Crippen molar-refractivity contribution in [3.63, 3.8) is 0 Å². The van der Waals surface area contributed by atoms with Gasteiger partial charge in [-0.25, -0.2) is 0 Å². The molecular formula is C26H32O11. The van der Waals surface area contributed by atoms with Crippen LogP contribution in [0.4, 0.5) is 0 Å². The summed E-state index contributed by atoms with van der Waals surface area (Å²) in [4.78, 5) is 0. The summed E-state index contributed by atoms with van der Waals surface area (Å²) in [5.74, 6) is 1.03. The van der Waals surface area contributed by atoms with Crippen molar-refractivity contribution in [2.45, 2.75) is 42.7 Å². The van der Waals surface area contributed by atoms with Crippen LogP contribution >= 0.6 is 0 Å². The molecular weight excluding hydrogens is 488 g/mol. The second-order valence-corrected chi connectivity index (χ2v) is 8.78. The molecule has 0 saturated carbocycles. The molecule has 0 aromatic heterocycles. The van der Waals surface area contributed by atoms with Gasteiger partial charge in [-0.05, 0) is 35.4 Å². The molecule has 202 valence electrons. The molecule has 2 aliphatic rings. The Morgan fingerprint density at radius 3 is 2.27 bits per heavy atom. The monoisotopic (exact) mass is 520 g/mol. The van der Waals surface area contributed by atoms with Crippen LogP contribution in [0.3, 0.4) is 0 Å². The summed E-state index contributed by atoms with van der Waals surface area (Å²) in [6, 6.07) is 8.60. The smallest absolute Gasteiger partial charge is 0.229 e. The van der Waals surface area contributed by atoms with Crippen LogP contribution in [0.5, 0.6) is 23.0 Å². The Kier molecular flexibility index (Phi) is 8.55. The Morgan fingerprint density at radius 2 is 1.62 bits per heavy atom. The normalized spacial score (nSPS) is 29.1. The molecule has 6 N–H and O–H groups in total. The molecule has 11 nitrogen and oxygen atoms in total. The number of fused-ring (bicyclic) bond motifs is 1. The minimum atomic E-state index is -1.58. The van der Waals surface area contributed by atoms with Gasteiger partial charge in [0.05, 0.1) is 40.0 Å². The summed E-state index contributed by atoms with van der Waals surface area (Å²) in [6.45, 7) is -0.900. The van der Waals surface area contributed by atoms with E-state index < -0.39 is 49.3 Å². The lowest BCUT2D eigenvalue weighted by Gasteiger charge is -2.39. The molecule has 0 bridgehead atoms. The zero-order valence-electron chi connectivity index (χ0n) is 20.4. The van der Waals surface area contributed by atoms with Crippen molar-refractivity contribution in [1.29, 1.82) is 0 Å². The van der Waals surface area contributed by atoms with Gasteiger partial charge in [0.2, 0.25) is 6.29 Å². The summed E-state index contributed by atoms with van der Waals surface area (Å²) >= 11 is 0.